The molecule has 1 heterocycles. The molecular weight excluding hydrogens is 248 g/mol. The van der Waals surface area contributed by atoms with Gasteiger partial charge in [-0.3, -0.25) is 0 Å². The number of anilines is 1. The third-order valence-electron chi connectivity index (χ3n) is 3.52. The summed E-state index contributed by atoms with van der Waals surface area (Å²) in [5.74, 6) is 1.74. The molecule has 2 aromatic rings. The molecule has 0 aromatic heterocycles. The van der Waals surface area contributed by atoms with Crippen LogP contribution in [0.1, 0.15) is 12.8 Å². The molecule has 2 aromatic carbocycles. The molecule has 0 atom stereocenters. The second kappa shape index (κ2) is 6.44. The molecule has 0 amide bonds. The van der Waals surface area contributed by atoms with Crippen LogP contribution < -0.4 is 15.4 Å². The van der Waals surface area contributed by atoms with Gasteiger partial charge in [0, 0.05) is 17.8 Å². The lowest BCUT2D eigenvalue weighted by molar-refractivity contribution is 0.476. The molecule has 0 saturated carbocycles. The van der Waals surface area contributed by atoms with Gasteiger partial charge >= 0.3 is 0 Å². The van der Waals surface area contributed by atoms with Gasteiger partial charge in [-0.05, 0) is 50.2 Å². The summed E-state index contributed by atoms with van der Waals surface area (Å²) in [4.78, 5) is 0. The third kappa shape index (κ3) is 3.52. The first-order valence-corrected chi connectivity index (χ1v) is 7.20. The zero-order valence-corrected chi connectivity index (χ0v) is 11.5. The summed E-state index contributed by atoms with van der Waals surface area (Å²) < 4.78 is 5.86. The van der Waals surface area contributed by atoms with Crippen molar-refractivity contribution in [3.63, 3.8) is 0 Å². The summed E-state index contributed by atoms with van der Waals surface area (Å²) in [5, 5.41) is 6.97. The van der Waals surface area contributed by atoms with E-state index in [-0.39, 0.29) is 0 Å². The van der Waals surface area contributed by atoms with E-state index in [4.69, 9.17) is 4.74 Å². The summed E-state index contributed by atoms with van der Waals surface area (Å²) >= 11 is 0. The Bertz CT molecular complexity index is 536. The lowest BCUT2D eigenvalue weighted by atomic mass is 10.1. The number of benzene rings is 2. The van der Waals surface area contributed by atoms with Crippen molar-refractivity contribution in [1.82, 2.24) is 5.32 Å². The van der Waals surface area contributed by atoms with Crippen LogP contribution in [-0.2, 0) is 0 Å². The number of para-hydroxylation sites is 1. The molecule has 104 valence electrons. The van der Waals surface area contributed by atoms with E-state index >= 15 is 0 Å². The van der Waals surface area contributed by atoms with Gasteiger partial charge in [0.15, 0.2) is 0 Å². The monoisotopic (exact) mass is 268 g/mol. The fourth-order valence-corrected chi connectivity index (χ4v) is 2.48. The Labute approximate surface area is 120 Å². The molecule has 20 heavy (non-hydrogen) atoms. The number of nitrogens with one attached hydrogen (secondary N) is 2. The Morgan fingerprint density at radius 1 is 0.900 bits per heavy atom. The number of rotatable bonds is 4. The summed E-state index contributed by atoms with van der Waals surface area (Å²) in [5.41, 5.74) is 1.13. The van der Waals surface area contributed by atoms with Gasteiger partial charge in [-0.25, -0.2) is 0 Å². The highest BCUT2D eigenvalue weighted by Gasteiger charge is 2.12. The SMILES string of the molecule is c1ccc(Oc2cccc(NC3CCNCC3)c2)cc1. The minimum atomic E-state index is 0.559. The summed E-state index contributed by atoms with van der Waals surface area (Å²) in [6, 6.07) is 18.6. The Balaban J connectivity index is 1.66. The van der Waals surface area contributed by atoms with Gasteiger partial charge in [-0.2, -0.15) is 0 Å². The van der Waals surface area contributed by atoms with E-state index in [0.29, 0.717) is 6.04 Å². The summed E-state index contributed by atoms with van der Waals surface area (Å²) in [7, 11) is 0. The van der Waals surface area contributed by atoms with E-state index in [2.05, 4.69) is 22.8 Å². The molecule has 0 aliphatic carbocycles. The van der Waals surface area contributed by atoms with Crippen LogP contribution in [0.4, 0.5) is 5.69 Å². The highest BCUT2D eigenvalue weighted by Crippen LogP contribution is 2.24. The minimum Gasteiger partial charge on any atom is -0.457 e. The molecule has 1 aliphatic heterocycles. The summed E-state index contributed by atoms with van der Waals surface area (Å²) in [6.07, 6.45) is 2.34. The molecule has 3 rings (SSSR count). The van der Waals surface area contributed by atoms with Crippen LogP contribution in [-0.4, -0.2) is 19.1 Å². The molecule has 0 unspecified atom stereocenters. The maximum absolute atomic E-state index is 5.86. The van der Waals surface area contributed by atoms with Gasteiger partial charge in [0.1, 0.15) is 11.5 Å². The maximum Gasteiger partial charge on any atom is 0.129 e. The summed E-state index contributed by atoms with van der Waals surface area (Å²) in [6.45, 7) is 2.19. The van der Waals surface area contributed by atoms with Crippen molar-refractivity contribution in [2.24, 2.45) is 0 Å². The quantitative estimate of drug-likeness (QED) is 0.888. The van der Waals surface area contributed by atoms with Crippen LogP contribution >= 0.6 is 0 Å². The predicted molar refractivity (Wildman–Crippen MR) is 82.5 cm³/mol. The van der Waals surface area contributed by atoms with Crippen molar-refractivity contribution in [2.75, 3.05) is 18.4 Å². The number of piperidine rings is 1. The Hall–Kier alpha value is -2.00. The molecule has 1 saturated heterocycles. The number of hydrogen-bond donors (Lipinski definition) is 2. The fraction of sp³-hybridized carbons (Fsp3) is 0.294. The van der Waals surface area contributed by atoms with Gasteiger partial charge in [0.25, 0.3) is 0 Å². The van der Waals surface area contributed by atoms with E-state index in [1.165, 1.54) is 12.8 Å². The van der Waals surface area contributed by atoms with Crippen LogP contribution in [0.25, 0.3) is 0 Å². The van der Waals surface area contributed by atoms with Gasteiger partial charge in [0.05, 0.1) is 0 Å². The van der Waals surface area contributed by atoms with E-state index in [0.717, 1.165) is 30.3 Å². The highest BCUT2D eigenvalue weighted by molar-refractivity contribution is 5.49. The zero-order valence-electron chi connectivity index (χ0n) is 11.5. The maximum atomic E-state index is 5.86. The molecule has 0 radical (unpaired) electrons. The normalized spacial score (nSPS) is 15.8. The zero-order chi connectivity index (χ0) is 13.6. The average molecular weight is 268 g/mol. The lowest BCUT2D eigenvalue weighted by Gasteiger charge is -2.24. The smallest absolute Gasteiger partial charge is 0.129 e. The molecule has 0 spiro atoms. The van der Waals surface area contributed by atoms with Crippen molar-refractivity contribution in [3.05, 3.63) is 54.6 Å². The second-order valence-electron chi connectivity index (χ2n) is 5.11. The Kier molecular flexibility index (Phi) is 4.19. The average Bonchev–Trinajstić information content (AvgIpc) is 2.50. The van der Waals surface area contributed by atoms with E-state index in [1.54, 1.807) is 0 Å². The van der Waals surface area contributed by atoms with Crippen LogP contribution in [0.2, 0.25) is 0 Å². The molecule has 3 nitrogen and oxygen atoms in total. The molecule has 0 bridgehead atoms. The first-order valence-electron chi connectivity index (χ1n) is 7.20. The van der Waals surface area contributed by atoms with Crippen LogP contribution in [0.3, 0.4) is 0 Å². The second-order valence-corrected chi connectivity index (χ2v) is 5.11. The molecule has 2 N–H and O–H groups in total. The largest absolute Gasteiger partial charge is 0.457 e. The van der Waals surface area contributed by atoms with Crippen molar-refractivity contribution in [2.45, 2.75) is 18.9 Å². The first-order chi connectivity index (χ1) is 9.90. The van der Waals surface area contributed by atoms with Gasteiger partial charge in [0.2, 0.25) is 0 Å². The van der Waals surface area contributed by atoms with Gasteiger partial charge in [-0.15, -0.1) is 0 Å². The molecular formula is C17H20N2O. The van der Waals surface area contributed by atoms with Gasteiger partial charge < -0.3 is 15.4 Å². The number of ether oxygens (including phenoxy) is 1. The van der Waals surface area contributed by atoms with Crippen molar-refractivity contribution in [3.8, 4) is 11.5 Å². The van der Waals surface area contributed by atoms with Crippen molar-refractivity contribution >= 4 is 5.69 Å². The Morgan fingerprint density at radius 2 is 1.65 bits per heavy atom. The molecule has 1 fully saturated rings. The van der Waals surface area contributed by atoms with Crippen molar-refractivity contribution in [1.29, 1.82) is 0 Å². The van der Waals surface area contributed by atoms with E-state index in [1.807, 2.05) is 42.5 Å². The lowest BCUT2D eigenvalue weighted by Crippen LogP contribution is -2.35. The Morgan fingerprint density at radius 3 is 2.45 bits per heavy atom. The minimum absolute atomic E-state index is 0.559. The van der Waals surface area contributed by atoms with E-state index in [9.17, 15) is 0 Å². The number of hydrogen-bond acceptors (Lipinski definition) is 3. The van der Waals surface area contributed by atoms with Crippen LogP contribution in [0.5, 0.6) is 11.5 Å². The van der Waals surface area contributed by atoms with Crippen molar-refractivity contribution < 1.29 is 4.74 Å². The molecule has 1 aliphatic rings. The first kappa shape index (κ1) is 13.0. The predicted octanol–water partition coefficient (Wildman–Crippen LogP) is 3.64. The topological polar surface area (TPSA) is 33.3 Å². The van der Waals surface area contributed by atoms with E-state index < -0.39 is 0 Å². The van der Waals surface area contributed by atoms with Gasteiger partial charge in [-0.1, -0.05) is 24.3 Å². The van der Waals surface area contributed by atoms with Crippen LogP contribution in [0, 0.1) is 0 Å². The van der Waals surface area contributed by atoms with Crippen LogP contribution in [0.15, 0.2) is 54.6 Å². The highest BCUT2D eigenvalue weighted by atomic mass is 16.5. The third-order valence-corrected chi connectivity index (χ3v) is 3.52. The fourth-order valence-electron chi connectivity index (χ4n) is 2.48. The standard InChI is InChI=1S/C17H20N2O/c1-2-6-16(7-3-1)20-17-8-4-5-15(13-17)19-14-9-11-18-12-10-14/h1-8,13-14,18-19H,9-12H2. The molecule has 3 heteroatoms.